The molecule has 0 bridgehead atoms. The van der Waals surface area contributed by atoms with Gasteiger partial charge in [0.15, 0.2) is 6.10 Å². The molecule has 0 aliphatic carbocycles. The monoisotopic (exact) mass is 673 g/mol. The summed E-state index contributed by atoms with van der Waals surface area (Å²) in [5.74, 6) is -0.435. The zero-order valence-electron chi connectivity index (χ0n) is 31.7. The summed E-state index contributed by atoms with van der Waals surface area (Å²) in [6.45, 7) is 7.58. The molecular weight excluding hydrogens is 596 g/mol. The normalized spacial score (nSPS) is 12.6. The Morgan fingerprint density at radius 2 is 0.917 bits per heavy atom. The molecule has 0 saturated carbocycles. The predicted molar refractivity (Wildman–Crippen MR) is 205 cm³/mol. The molecule has 0 saturated heterocycles. The lowest BCUT2D eigenvalue weighted by molar-refractivity contribution is -0.163. The van der Waals surface area contributed by atoms with Crippen molar-refractivity contribution in [2.45, 2.75) is 194 Å². The number of carbonyl (C=O) groups excluding carboxylic acids is 2. The van der Waals surface area contributed by atoms with Crippen LogP contribution in [0, 0.1) is 0 Å². The van der Waals surface area contributed by atoms with Crippen LogP contribution in [-0.4, -0.2) is 37.9 Å². The van der Waals surface area contributed by atoms with E-state index in [2.05, 4.69) is 69.4 Å². The third-order valence-corrected chi connectivity index (χ3v) is 8.30. The molecule has 5 heteroatoms. The largest absolute Gasteiger partial charge is 0.462 e. The summed E-state index contributed by atoms with van der Waals surface area (Å²) in [6, 6.07) is 0. The van der Waals surface area contributed by atoms with Crippen molar-refractivity contribution < 1.29 is 23.8 Å². The highest BCUT2D eigenvalue weighted by Crippen LogP contribution is 2.12. The summed E-state index contributed by atoms with van der Waals surface area (Å²) >= 11 is 0. The van der Waals surface area contributed by atoms with E-state index in [4.69, 9.17) is 14.2 Å². The molecule has 0 rings (SSSR count). The molecule has 0 aliphatic heterocycles. The molecular formula is C43H76O5. The molecule has 0 radical (unpaired) electrons. The highest BCUT2D eigenvalue weighted by atomic mass is 16.6. The predicted octanol–water partition coefficient (Wildman–Crippen LogP) is 12.9. The van der Waals surface area contributed by atoms with Gasteiger partial charge < -0.3 is 14.2 Å². The van der Waals surface area contributed by atoms with Gasteiger partial charge in [0.05, 0.1) is 6.61 Å². The molecule has 0 aromatic carbocycles. The smallest absolute Gasteiger partial charge is 0.306 e. The molecule has 0 spiro atoms. The van der Waals surface area contributed by atoms with E-state index in [-0.39, 0.29) is 25.2 Å². The van der Waals surface area contributed by atoms with Crippen LogP contribution in [0.3, 0.4) is 0 Å². The Balaban J connectivity index is 4.14. The fourth-order valence-electron chi connectivity index (χ4n) is 5.29. The lowest BCUT2D eigenvalue weighted by Gasteiger charge is -2.18. The van der Waals surface area contributed by atoms with E-state index in [1.807, 2.05) is 0 Å². The highest BCUT2D eigenvalue weighted by molar-refractivity contribution is 5.70. The Morgan fingerprint density at radius 1 is 0.458 bits per heavy atom. The second-order valence-corrected chi connectivity index (χ2v) is 13.2. The van der Waals surface area contributed by atoms with E-state index < -0.39 is 6.10 Å². The SMILES string of the molecule is CCC/C=C\C/C=C\CCCCCCCCOCC(COC(=O)CCCCCCC/C=C\C/C=C\CCC)OC(=O)CCCCCCC. The van der Waals surface area contributed by atoms with Crippen molar-refractivity contribution >= 4 is 11.9 Å². The molecule has 278 valence electrons. The van der Waals surface area contributed by atoms with Gasteiger partial charge >= 0.3 is 11.9 Å². The van der Waals surface area contributed by atoms with Gasteiger partial charge in [-0.15, -0.1) is 0 Å². The molecule has 0 fully saturated rings. The number of carbonyl (C=O) groups is 2. The van der Waals surface area contributed by atoms with E-state index in [1.54, 1.807) is 0 Å². The van der Waals surface area contributed by atoms with Crippen molar-refractivity contribution in [2.75, 3.05) is 19.8 Å². The van der Waals surface area contributed by atoms with Crippen molar-refractivity contribution in [3.63, 3.8) is 0 Å². The van der Waals surface area contributed by atoms with E-state index in [0.29, 0.717) is 19.4 Å². The molecule has 1 unspecified atom stereocenters. The van der Waals surface area contributed by atoms with Crippen molar-refractivity contribution in [3.8, 4) is 0 Å². The van der Waals surface area contributed by atoms with Crippen LogP contribution in [0.15, 0.2) is 48.6 Å². The number of ether oxygens (including phenoxy) is 3. The van der Waals surface area contributed by atoms with Crippen molar-refractivity contribution in [1.29, 1.82) is 0 Å². The lowest BCUT2D eigenvalue weighted by atomic mass is 10.1. The Morgan fingerprint density at radius 3 is 1.46 bits per heavy atom. The molecule has 0 aromatic heterocycles. The van der Waals surface area contributed by atoms with Crippen LogP contribution in [0.2, 0.25) is 0 Å². The van der Waals surface area contributed by atoms with Crippen LogP contribution in [0.5, 0.6) is 0 Å². The minimum absolute atomic E-state index is 0.0733. The van der Waals surface area contributed by atoms with Crippen LogP contribution < -0.4 is 0 Å². The zero-order chi connectivity index (χ0) is 35.0. The summed E-state index contributed by atoms with van der Waals surface area (Å²) in [7, 11) is 0. The van der Waals surface area contributed by atoms with Gasteiger partial charge in [-0.25, -0.2) is 0 Å². The fourth-order valence-corrected chi connectivity index (χ4v) is 5.29. The Kier molecular flexibility index (Phi) is 37.5. The maximum Gasteiger partial charge on any atom is 0.306 e. The molecule has 48 heavy (non-hydrogen) atoms. The molecule has 0 aliphatic rings. The Labute approximate surface area is 297 Å². The van der Waals surface area contributed by atoms with Crippen LogP contribution >= 0.6 is 0 Å². The molecule has 0 heterocycles. The van der Waals surface area contributed by atoms with Gasteiger partial charge in [-0.3, -0.25) is 9.59 Å². The van der Waals surface area contributed by atoms with Crippen LogP contribution in [0.1, 0.15) is 188 Å². The van der Waals surface area contributed by atoms with Crippen LogP contribution in [0.4, 0.5) is 0 Å². The first kappa shape index (κ1) is 45.9. The second-order valence-electron chi connectivity index (χ2n) is 13.2. The van der Waals surface area contributed by atoms with E-state index in [0.717, 1.165) is 70.6 Å². The average Bonchev–Trinajstić information content (AvgIpc) is 3.08. The van der Waals surface area contributed by atoms with Crippen LogP contribution in [0.25, 0.3) is 0 Å². The van der Waals surface area contributed by atoms with Crippen molar-refractivity contribution in [2.24, 2.45) is 0 Å². The van der Waals surface area contributed by atoms with Gasteiger partial charge in [-0.2, -0.15) is 0 Å². The third-order valence-electron chi connectivity index (χ3n) is 8.30. The topological polar surface area (TPSA) is 61.8 Å². The van der Waals surface area contributed by atoms with E-state index >= 15 is 0 Å². The summed E-state index contributed by atoms with van der Waals surface area (Å²) < 4.78 is 17.1. The van der Waals surface area contributed by atoms with E-state index in [9.17, 15) is 9.59 Å². The minimum Gasteiger partial charge on any atom is -0.462 e. The van der Waals surface area contributed by atoms with Gasteiger partial charge in [-0.1, -0.05) is 153 Å². The standard InChI is InChI=1S/C43H76O5/c1-4-7-10-13-15-17-19-21-23-25-27-29-32-35-38-46-39-41(48-43(45)37-34-30-12-9-6-3)40-47-42(44)36-33-31-28-26-24-22-20-18-16-14-11-8-5-2/h10-11,13-14,17-20,41H,4-9,12,15-16,21-40H2,1-3H3/b13-10-,14-11-,19-17-,20-18-. The van der Waals surface area contributed by atoms with Crippen molar-refractivity contribution in [1.82, 2.24) is 0 Å². The molecule has 0 N–H and O–H groups in total. The maximum atomic E-state index is 12.5. The fraction of sp³-hybridized carbons (Fsp3) is 0.767. The quantitative estimate of drug-likeness (QED) is 0.0376. The summed E-state index contributed by atoms with van der Waals surface area (Å²) in [6.07, 6.45) is 45.5. The van der Waals surface area contributed by atoms with Gasteiger partial charge in [0.1, 0.15) is 6.61 Å². The van der Waals surface area contributed by atoms with Gasteiger partial charge in [0, 0.05) is 19.4 Å². The zero-order valence-corrected chi connectivity index (χ0v) is 31.7. The number of hydrogen-bond donors (Lipinski definition) is 0. The Bertz CT molecular complexity index is 812. The molecule has 5 nitrogen and oxygen atoms in total. The first-order valence-corrected chi connectivity index (χ1v) is 20.2. The summed E-state index contributed by atoms with van der Waals surface area (Å²) in [5.41, 5.74) is 0. The number of allylic oxidation sites excluding steroid dienone is 8. The van der Waals surface area contributed by atoms with Crippen molar-refractivity contribution in [3.05, 3.63) is 48.6 Å². The molecule has 0 aromatic rings. The van der Waals surface area contributed by atoms with Gasteiger partial charge in [0.2, 0.25) is 0 Å². The maximum absolute atomic E-state index is 12.5. The number of esters is 2. The lowest BCUT2D eigenvalue weighted by Crippen LogP contribution is -2.30. The number of hydrogen-bond acceptors (Lipinski definition) is 5. The number of unbranched alkanes of at least 4 members (excludes halogenated alkanes) is 17. The number of rotatable bonds is 36. The third kappa shape index (κ3) is 36.7. The van der Waals surface area contributed by atoms with Gasteiger partial charge in [0.25, 0.3) is 0 Å². The van der Waals surface area contributed by atoms with Gasteiger partial charge in [-0.05, 0) is 70.6 Å². The van der Waals surface area contributed by atoms with Crippen LogP contribution in [-0.2, 0) is 23.8 Å². The van der Waals surface area contributed by atoms with E-state index in [1.165, 1.54) is 83.5 Å². The minimum atomic E-state index is -0.539. The molecule has 1 atom stereocenters. The molecule has 0 amide bonds. The first-order valence-electron chi connectivity index (χ1n) is 20.2. The highest BCUT2D eigenvalue weighted by Gasteiger charge is 2.17. The summed E-state index contributed by atoms with van der Waals surface area (Å²) in [5, 5.41) is 0. The first-order chi connectivity index (χ1) is 23.6. The second kappa shape index (κ2) is 39.3. The summed E-state index contributed by atoms with van der Waals surface area (Å²) in [4.78, 5) is 24.9. The Hall–Kier alpha value is -2.14. The average molecular weight is 673 g/mol.